The van der Waals surface area contributed by atoms with Crippen molar-refractivity contribution in [1.82, 2.24) is 9.97 Å². The van der Waals surface area contributed by atoms with Gasteiger partial charge in [0.2, 0.25) is 5.28 Å². The Labute approximate surface area is 128 Å². The quantitative estimate of drug-likeness (QED) is 0.804. The predicted octanol–water partition coefficient (Wildman–Crippen LogP) is 5.04. The molecule has 0 bridgehead atoms. The Morgan fingerprint density at radius 1 is 1.30 bits per heavy atom. The van der Waals surface area contributed by atoms with Crippen LogP contribution in [0.4, 0.5) is 5.82 Å². The van der Waals surface area contributed by atoms with Gasteiger partial charge in [-0.1, -0.05) is 32.1 Å². The number of hydrogen-bond acceptors (Lipinski definition) is 4. The number of anilines is 1. The van der Waals surface area contributed by atoms with Crippen LogP contribution in [0, 0.1) is 12.8 Å². The highest BCUT2D eigenvalue weighted by atomic mass is 35.5. The van der Waals surface area contributed by atoms with E-state index < -0.39 is 0 Å². The van der Waals surface area contributed by atoms with Crippen molar-refractivity contribution in [2.24, 2.45) is 5.92 Å². The molecular formula is C15H20ClN3S. The van der Waals surface area contributed by atoms with Crippen LogP contribution in [0.25, 0.3) is 10.2 Å². The molecule has 108 valence electrons. The molecule has 0 aliphatic heterocycles. The van der Waals surface area contributed by atoms with Gasteiger partial charge in [0.05, 0.1) is 5.39 Å². The van der Waals surface area contributed by atoms with Crippen LogP contribution in [0.15, 0.2) is 6.07 Å². The number of aryl methyl sites for hydroxylation is 1. The summed E-state index contributed by atoms with van der Waals surface area (Å²) in [5, 5.41) is 4.89. The van der Waals surface area contributed by atoms with Crippen LogP contribution in [0.2, 0.25) is 5.28 Å². The molecule has 1 saturated carbocycles. The molecule has 0 aromatic carbocycles. The molecule has 5 heteroatoms. The molecule has 0 saturated heterocycles. The lowest BCUT2D eigenvalue weighted by molar-refractivity contribution is 0.345. The lowest BCUT2D eigenvalue weighted by atomic mass is 9.87. The van der Waals surface area contributed by atoms with Gasteiger partial charge in [0.15, 0.2) is 0 Å². The number of hydrogen-bond donors (Lipinski definition) is 1. The molecular weight excluding hydrogens is 290 g/mol. The van der Waals surface area contributed by atoms with E-state index in [2.05, 4.69) is 28.3 Å². The number of nitrogens with zero attached hydrogens (tertiary/aromatic N) is 2. The molecule has 1 aliphatic rings. The fraction of sp³-hybridized carbons (Fsp3) is 0.600. The van der Waals surface area contributed by atoms with Crippen LogP contribution in [-0.2, 0) is 0 Å². The zero-order valence-electron chi connectivity index (χ0n) is 11.8. The standard InChI is InChI=1S/C15H20ClN3S/c1-10-9-12-13(18-15(16)19-14(12)20-10)17-8-7-11-5-3-2-4-6-11/h9,11H,2-8H2,1H3,(H,17,18,19). The number of aromatic nitrogens is 2. The van der Waals surface area contributed by atoms with Gasteiger partial charge in [0.25, 0.3) is 0 Å². The molecule has 2 heterocycles. The molecule has 2 aromatic rings. The normalized spacial score (nSPS) is 16.7. The summed E-state index contributed by atoms with van der Waals surface area (Å²) in [5.41, 5.74) is 0. The van der Waals surface area contributed by atoms with E-state index in [0.29, 0.717) is 5.28 Å². The average Bonchev–Trinajstić information content (AvgIpc) is 2.80. The Kier molecular flexibility index (Phi) is 4.41. The number of halogens is 1. The van der Waals surface area contributed by atoms with Gasteiger partial charge in [-0.3, -0.25) is 0 Å². The van der Waals surface area contributed by atoms with Gasteiger partial charge < -0.3 is 5.32 Å². The first-order valence-corrected chi connectivity index (χ1v) is 8.59. The van der Waals surface area contributed by atoms with Crippen LogP contribution < -0.4 is 5.32 Å². The summed E-state index contributed by atoms with van der Waals surface area (Å²) >= 11 is 7.67. The Balaban J connectivity index is 1.67. The molecule has 20 heavy (non-hydrogen) atoms. The van der Waals surface area contributed by atoms with Gasteiger partial charge in [-0.15, -0.1) is 11.3 Å². The minimum atomic E-state index is 0.333. The van der Waals surface area contributed by atoms with Gasteiger partial charge in [-0.05, 0) is 36.9 Å². The molecule has 0 spiro atoms. The molecule has 1 fully saturated rings. The number of fused-ring (bicyclic) bond motifs is 1. The Morgan fingerprint density at radius 2 is 2.10 bits per heavy atom. The minimum Gasteiger partial charge on any atom is -0.369 e. The van der Waals surface area contributed by atoms with E-state index in [9.17, 15) is 0 Å². The zero-order chi connectivity index (χ0) is 13.9. The first-order valence-electron chi connectivity index (χ1n) is 7.40. The maximum Gasteiger partial charge on any atom is 0.225 e. The summed E-state index contributed by atoms with van der Waals surface area (Å²) in [6.45, 7) is 3.06. The summed E-state index contributed by atoms with van der Waals surface area (Å²) in [6.07, 6.45) is 8.22. The maximum atomic E-state index is 6.01. The monoisotopic (exact) mass is 309 g/mol. The van der Waals surface area contributed by atoms with E-state index >= 15 is 0 Å². The molecule has 0 unspecified atom stereocenters. The summed E-state index contributed by atoms with van der Waals surface area (Å²) < 4.78 is 0. The van der Waals surface area contributed by atoms with Crippen molar-refractivity contribution < 1.29 is 0 Å². The fourth-order valence-electron chi connectivity index (χ4n) is 3.02. The second-order valence-electron chi connectivity index (χ2n) is 5.64. The average molecular weight is 310 g/mol. The molecule has 1 aliphatic carbocycles. The van der Waals surface area contributed by atoms with Crippen LogP contribution in [0.3, 0.4) is 0 Å². The van der Waals surface area contributed by atoms with Crippen molar-refractivity contribution in [2.45, 2.75) is 45.4 Å². The van der Waals surface area contributed by atoms with E-state index in [1.54, 1.807) is 11.3 Å². The molecule has 3 rings (SSSR count). The second kappa shape index (κ2) is 6.27. The van der Waals surface area contributed by atoms with Crippen LogP contribution in [0.5, 0.6) is 0 Å². The molecule has 0 radical (unpaired) electrons. The summed E-state index contributed by atoms with van der Waals surface area (Å²) in [4.78, 5) is 10.9. The maximum absolute atomic E-state index is 6.01. The first kappa shape index (κ1) is 14.1. The van der Waals surface area contributed by atoms with Crippen molar-refractivity contribution in [3.05, 3.63) is 16.2 Å². The van der Waals surface area contributed by atoms with Gasteiger partial charge in [-0.2, -0.15) is 0 Å². The third kappa shape index (κ3) is 3.23. The second-order valence-corrected chi connectivity index (χ2v) is 7.21. The third-order valence-electron chi connectivity index (χ3n) is 4.06. The lowest BCUT2D eigenvalue weighted by Crippen LogP contribution is -2.13. The smallest absolute Gasteiger partial charge is 0.225 e. The van der Waals surface area contributed by atoms with Gasteiger partial charge in [0.1, 0.15) is 10.6 Å². The topological polar surface area (TPSA) is 37.8 Å². The van der Waals surface area contributed by atoms with E-state index in [-0.39, 0.29) is 0 Å². The SMILES string of the molecule is Cc1cc2c(NCCC3CCCCC3)nc(Cl)nc2s1. The van der Waals surface area contributed by atoms with Crippen LogP contribution >= 0.6 is 22.9 Å². The molecule has 0 amide bonds. The van der Waals surface area contributed by atoms with Gasteiger partial charge >= 0.3 is 0 Å². The van der Waals surface area contributed by atoms with Crippen molar-refractivity contribution in [2.75, 3.05) is 11.9 Å². The molecule has 0 atom stereocenters. The molecule has 3 nitrogen and oxygen atoms in total. The summed E-state index contributed by atoms with van der Waals surface area (Å²) in [7, 11) is 0. The summed E-state index contributed by atoms with van der Waals surface area (Å²) in [6, 6.07) is 2.14. The Hall–Kier alpha value is -0.870. The van der Waals surface area contributed by atoms with Crippen LogP contribution in [0.1, 0.15) is 43.4 Å². The number of nitrogens with one attached hydrogen (secondary N) is 1. The third-order valence-corrected chi connectivity index (χ3v) is 5.17. The fourth-order valence-corrected chi connectivity index (χ4v) is 4.12. The lowest BCUT2D eigenvalue weighted by Gasteiger charge is -2.21. The van der Waals surface area contributed by atoms with E-state index in [0.717, 1.165) is 28.5 Å². The largest absolute Gasteiger partial charge is 0.369 e. The molecule has 1 N–H and O–H groups in total. The first-order chi connectivity index (χ1) is 9.72. The summed E-state index contributed by atoms with van der Waals surface area (Å²) in [5.74, 6) is 1.77. The highest BCUT2D eigenvalue weighted by molar-refractivity contribution is 7.18. The Morgan fingerprint density at radius 3 is 2.90 bits per heavy atom. The van der Waals surface area contributed by atoms with Gasteiger partial charge in [-0.25, -0.2) is 9.97 Å². The van der Waals surface area contributed by atoms with Crippen molar-refractivity contribution in [3.8, 4) is 0 Å². The number of thiophene rings is 1. The van der Waals surface area contributed by atoms with E-state index in [1.807, 2.05) is 0 Å². The highest BCUT2D eigenvalue weighted by Gasteiger charge is 2.14. The number of rotatable bonds is 4. The van der Waals surface area contributed by atoms with E-state index in [1.165, 1.54) is 43.4 Å². The minimum absolute atomic E-state index is 0.333. The van der Waals surface area contributed by atoms with Crippen molar-refractivity contribution in [1.29, 1.82) is 0 Å². The van der Waals surface area contributed by atoms with Crippen LogP contribution in [-0.4, -0.2) is 16.5 Å². The van der Waals surface area contributed by atoms with Crippen molar-refractivity contribution in [3.63, 3.8) is 0 Å². The highest BCUT2D eigenvalue weighted by Crippen LogP contribution is 2.30. The van der Waals surface area contributed by atoms with Gasteiger partial charge in [0, 0.05) is 11.4 Å². The Bertz CT molecular complexity index is 590. The molecule has 2 aromatic heterocycles. The zero-order valence-corrected chi connectivity index (χ0v) is 13.4. The predicted molar refractivity (Wildman–Crippen MR) is 86.8 cm³/mol. The van der Waals surface area contributed by atoms with Crippen molar-refractivity contribution >= 4 is 39.0 Å². The van der Waals surface area contributed by atoms with E-state index in [4.69, 9.17) is 11.6 Å².